The van der Waals surface area contributed by atoms with Gasteiger partial charge in [-0.25, -0.2) is 0 Å². The Morgan fingerprint density at radius 1 is 1.45 bits per heavy atom. The Morgan fingerprint density at radius 3 is 2.77 bits per heavy atom. The van der Waals surface area contributed by atoms with Crippen LogP contribution in [0.2, 0.25) is 0 Å². The summed E-state index contributed by atoms with van der Waals surface area (Å²) in [6.45, 7) is 3.53. The van der Waals surface area contributed by atoms with Gasteiger partial charge < -0.3 is 10.2 Å². The van der Waals surface area contributed by atoms with Gasteiger partial charge in [0.2, 0.25) is 5.91 Å². The third-order valence-corrected chi connectivity index (χ3v) is 4.99. The zero-order valence-electron chi connectivity index (χ0n) is 12.2. The number of thiocarbonyl (C=S) groups is 1. The highest BCUT2D eigenvalue weighted by molar-refractivity contribution is 8.23. The average molecular weight is 339 g/mol. The van der Waals surface area contributed by atoms with E-state index in [4.69, 9.17) is 12.2 Å². The third-order valence-electron chi connectivity index (χ3n) is 3.47. The van der Waals surface area contributed by atoms with Gasteiger partial charge in [-0.1, -0.05) is 30.0 Å². The fourth-order valence-corrected chi connectivity index (χ4v) is 3.31. The van der Waals surface area contributed by atoms with Crippen LogP contribution in [0.15, 0.2) is 18.2 Å². The van der Waals surface area contributed by atoms with Crippen LogP contribution in [0.25, 0.3) is 0 Å². The molecule has 0 atom stereocenters. The number of likely N-dealkylation sites (tertiary alicyclic amines) is 1. The van der Waals surface area contributed by atoms with E-state index in [1.807, 2.05) is 0 Å². The normalized spacial score (nSPS) is 14.0. The predicted molar refractivity (Wildman–Crippen MR) is 92.3 cm³/mol. The summed E-state index contributed by atoms with van der Waals surface area (Å²) in [7, 11) is 0. The molecule has 0 bridgehead atoms. The van der Waals surface area contributed by atoms with Gasteiger partial charge in [-0.2, -0.15) is 0 Å². The lowest BCUT2D eigenvalue weighted by molar-refractivity contribution is -0.385. The summed E-state index contributed by atoms with van der Waals surface area (Å²) >= 11 is 6.63. The van der Waals surface area contributed by atoms with Crippen molar-refractivity contribution in [1.82, 2.24) is 4.90 Å². The summed E-state index contributed by atoms with van der Waals surface area (Å²) in [5, 5.41) is 13.6. The zero-order chi connectivity index (χ0) is 16.1. The van der Waals surface area contributed by atoms with Crippen molar-refractivity contribution in [3.05, 3.63) is 33.9 Å². The molecule has 1 amide bonds. The van der Waals surface area contributed by atoms with Gasteiger partial charge in [0.25, 0.3) is 5.69 Å². The quantitative estimate of drug-likeness (QED) is 0.516. The Kier molecular flexibility index (Phi) is 5.73. The van der Waals surface area contributed by atoms with E-state index in [1.54, 1.807) is 19.1 Å². The molecule has 0 spiro atoms. The molecule has 1 aliphatic rings. The molecule has 118 valence electrons. The zero-order valence-corrected chi connectivity index (χ0v) is 13.8. The van der Waals surface area contributed by atoms with Crippen LogP contribution < -0.4 is 5.32 Å². The first kappa shape index (κ1) is 16.7. The van der Waals surface area contributed by atoms with Crippen LogP contribution in [0.5, 0.6) is 0 Å². The lowest BCUT2D eigenvalue weighted by atomic mass is 10.1. The molecule has 22 heavy (non-hydrogen) atoms. The number of anilines is 1. The van der Waals surface area contributed by atoms with Crippen molar-refractivity contribution in [3.63, 3.8) is 0 Å². The minimum absolute atomic E-state index is 0.00181. The van der Waals surface area contributed by atoms with Crippen molar-refractivity contribution in [3.8, 4) is 0 Å². The third kappa shape index (κ3) is 4.17. The van der Waals surface area contributed by atoms with Gasteiger partial charge in [0.05, 0.1) is 21.9 Å². The van der Waals surface area contributed by atoms with Gasteiger partial charge in [-0.05, 0) is 25.8 Å². The second-order valence-electron chi connectivity index (χ2n) is 5.00. The molecule has 6 nitrogen and oxygen atoms in total. The van der Waals surface area contributed by atoms with Gasteiger partial charge in [-0.3, -0.25) is 14.9 Å². The summed E-state index contributed by atoms with van der Waals surface area (Å²) in [4.78, 5) is 24.5. The molecular formula is C14H17N3O3S2. The first-order valence-electron chi connectivity index (χ1n) is 6.94. The molecule has 1 aromatic rings. The maximum absolute atomic E-state index is 12.0. The molecule has 1 aromatic carbocycles. The molecule has 1 aliphatic heterocycles. The van der Waals surface area contributed by atoms with Crippen molar-refractivity contribution in [1.29, 1.82) is 0 Å². The Labute approximate surface area is 138 Å². The number of nitro groups is 1. The molecule has 1 fully saturated rings. The van der Waals surface area contributed by atoms with E-state index in [0.717, 1.165) is 30.3 Å². The van der Waals surface area contributed by atoms with Crippen LogP contribution in [0.4, 0.5) is 11.4 Å². The van der Waals surface area contributed by atoms with E-state index in [0.29, 0.717) is 11.3 Å². The number of hydrogen-bond acceptors (Lipinski definition) is 5. The highest BCUT2D eigenvalue weighted by Gasteiger charge is 2.18. The summed E-state index contributed by atoms with van der Waals surface area (Å²) in [5.41, 5.74) is 0.915. The predicted octanol–water partition coefficient (Wildman–Crippen LogP) is 2.96. The lowest BCUT2D eigenvalue weighted by Crippen LogP contribution is -2.25. The van der Waals surface area contributed by atoms with Crippen LogP contribution in [0, 0.1) is 17.0 Å². The fourth-order valence-electron chi connectivity index (χ4n) is 2.26. The average Bonchev–Trinajstić information content (AvgIpc) is 3.01. The van der Waals surface area contributed by atoms with Gasteiger partial charge >= 0.3 is 0 Å². The summed E-state index contributed by atoms with van der Waals surface area (Å²) in [6.07, 6.45) is 2.28. The molecule has 1 heterocycles. The topological polar surface area (TPSA) is 75.5 Å². The van der Waals surface area contributed by atoms with Crippen molar-refractivity contribution < 1.29 is 9.72 Å². The number of thioether (sulfide) groups is 1. The minimum Gasteiger partial charge on any atom is -0.358 e. The van der Waals surface area contributed by atoms with E-state index in [2.05, 4.69) is 10.2 Å². The number of nitrogens with one attached hydrogen (secondary N) is 1. The smallest absolute Gasteiger partial charge is 0.274 e. The van der Waals surface area contributed by atoms with Crippen LogP contribution in [-0.4, -0.2) is 38.9 Å². The molecule has 0 aromatic heterocycles. The number of nitrogens with zero attached hydrogens (tertiary/aromatic N) is 2. The van der Waals surface area contributed by atoms with E-state index >= 15 is 0 Å². The second-order valence-corrected chi connectivity index (χ2v) is 6.61. The summed E-state index contributed by atoms with van der Waals surface area (Å²) in [6, 6.07) is 4.63. The maximum Gasteiger partial charge on any atom is 0.274 e. The van der Waals surface area contributed by atoms with Crippen LogP contribution in [0.1, 0.15) is 18.4 Å². The molecule has 0 unspecified atom stereocenters. The van der Waals surface area contributed by atoms with Gasteiger partial charge in [0.15, 0.2) is 0 Å². The highest BCUT2D eigenvalue weighted by Crippen LogP contribution is 2.25. The van der Waals surface area contributed by atoms with E-state index in [9.17, 15) is 14.9 Å². The van der Waals surface area contributed by atoms with Crippen molar-refractivity contribution >= 4 is 45.6 Å². The van der Waals surface area contributed by atoms with Crippen LogP contribution >= 0.6 is 24.0 Å². The van der Waals surface area contributed by atoms with Gasteiger partial charge in [0, 0.05) is 19.2 Å². The molecular weight excluding hydrogens is 322 g/mol. The van der Waals surface area contributed by atoms with Gasteiger partial charge in [0.1, 0.15) is 4.32 Å². The first-order chi connectivity index (χ1) is 10.5. The standard InChI is InChI=1S/C14H17N3O3S2/c1-10-11(5-4-6-12(10)17(19)20)15-13(18)9-22-14(21)16-7-2-3-8-16/h4-6H,2-3,7-9H2,1H3,(H,15,18). The number of benzene rings is 1. The van der Waals surface area contributed by atoms with Crippen molar-refractivity contribution in [2.45, 2.75) is 19.8 Å². The lowest BCUT2D eigenvalue weighted by Gasteiger charge is -2.17. The summed E-state index contributed by atoms with van der Waals surface area (Å²) < 4.78 is 0.739. The highest BCUT2D eigenvalue weighted by atomic mass is 32.2. The summed E-state index contributed by atoms with van der Waals surface area (Å²) in [5.74, 6) is -0.00701. The number of rotatable bonds is 4. The van der Waals surface area contributed by atoms with Gasteiger partial charge in [-0.15, -0.1) is 0 Å². The SMILES string of the molecule is Cc1c(NC(=O)CSC(=S)N2CCCC2)cccc1[N+](=O)[O-]. The van der Waals surface area contributed by atoms with Crippen LogP contribution in [-0.2, 0) is 4.79 Å². The second kappa shape index (κ2) is 7.55. The molecule has 0 radical (unpaired) electrons. The Hall–Kier alpha value is -1.67. The minimum atomic E-state index is -0.456. The maximum atomic E-state index is 12.0. The van der Waals surface area contributed by atoms with E-state index < -0.39 is 4.92 Å². The molecule has 0 saturated carbocycles. The largest absolute Gasteiger partial charge is 0.358 e. The van der Waals surface area contributed by atoms with Crippen molar-refractivity contribution in [2.75, 3.05) is 24.2 Å². The Bertz CT molecular complexity index is 601. The molecule has 0 aliphatic carbocycles. The fraction of sp³-hybridized carbons (Fsp3) is 0.429. The molecule has 1 N–H and O–H groups in total. The number of amides is 1. The van der Waals surface area contributed by atoms with Crippen LogP contribution in [0.3, 0.4) is 0 Å². The first-order valence-corrected chi connectivity index (χ1v) is 8.34. The molecule has 8 heteroatoms. The monoisotopic (exact) mass is 339 g/mol. The van der Waals surface area contributed by atoms with Crippen molar-refractivity contribution in [2.24, 2.45) is 0 Å². The molecule has 1 saturated heterocycles. The molecule has 2 rings (SSSR count). The number of hydrogen-bond donors (Lipinski definition) is 1. The Morgan fingerprint density at radius 2 is 2.14 bits per heavy atom. The Balaban J connectivity index is 1.90. The number of carbonyl (C=O) groups is 1. The number of nitro benzene ring substituents is 1. The van der Waals surface area contributed by atoms with E-state index in [1.165, 1.54) is 17.8 Å². The number of carbonyl (C=O) groups excluding carboxylic acids is 1. The van der Waals surface area contributed by atoms with E-state index in [-0.39, 0.29) is 17.3 Å².